The van der Waals surface area contributed by atoms with Gasteiger partial charge < -0.3 is 9.84 Å². The Morgan fingerprint density at radius 1 is 1.06 bits per heavy atom. The number of ether oxygens (including phenoxy) is 1. The number of fused-ring (bicyclic) bond motifs is 1. The fraction of sp³-hybridized carbons (Fsp3) is 0.148. The summed E-state index contributed by atoms with van der Waals surface area (Å²) in [5, 5.41) is 12.1. The van der Waals surface area contributed by atoms with Crippen molar-refractivity contribution in [1.29, 1.82) is 0 Å². The van der Waals surface area contributed by atoms with Crippen LogP contribution in [0.15, 0.2) is 66.2 Å². The number of aryl methyl sites for hydroxylation is 2. The smallest absolute Gasteiger partial charge is 0.301 e. The van der Waals surface area contributed by atoms with Crippen LogP contribution in [0, 0.1) is 13.8 Å². The molecule has 1 amide bonds. The number of hydrogen-bond acceptors (Lipinski definition) is 6. The van der Waals surface area contributed by atoms with Gasteiger partial charge in [0, 0.05) is 10.6 Å². The molecule has 8 heteroatoms. The molecule has 1 saturated heterocycles. The van der Waals surface area contributed by atoms with Gasteiger partial charge in [-0.05, 0) is 73.0 Å². The molecule has 5 rings (SSSR count). The van der Waals surface area contributed by atoms with Crippen LogP contribution in [-0.4, -0.2) is 28.9 Å². The Bertz CT molecular complexity index is 1510. The number of benzene rings is 3. The van der Waals surface area contributed by atoms with E-state index in [0.29, 0.717) is 27.0 Å². The number of amides is 1. The number of carbonyl (C=O) groups excluding carboxylic acids is 2. The largest absolute Gasteiger partial charge is 0.507 e. The molecular formula is C27H21ClN2O4S. The summed E-state index contributed by atoms with van der Waals surface area (Å²) >= 11 is 7.34. The van der Waals surface area contributed by atoms with Crippen LogP contribution in [0.2, 0.25) is 5.02 Å². The molecule has 6 nitrogen and oxygen atoms in total. The summed E-state index contributed by atoms with van der Waals surface area (Å²) in [6.45, 7) is 3.97. The normalized spacial score (nSPS) is 17.4. The van der Waals surface area contributed by atoms with Crippen molar-refractivity contribution in [3.05, 3.63) is 93.5 Å². The van der Waals surface area contributed by atoms with Gasteiger partial charge in [0.05, 0.1) is 28.9 Å². The van der Waals surface area contributed by atoms with Crippen LogP contribution in [0.3, 0.4) is 0 Å². The van der Waals surface area contributed by atoms with E-state index in [1.54, 1.807) is 55.6 Å². The van der Waals surface area contributed by atoms with Crippen molar-refractivity contribution >= 4 is 55.7 Å². The van der Waals surface area contributed by atoms with Crippen LogP contribution < -0.4 is 9.64 Å². The topological polar surface area (TPSA) is 79.7 Å². The number of methoxy groups -OCH3 is 1. The molecular weight excluding hydrogens is 484 g/mol. The van der Waals surface area contributed by atoms with Crippen LogP contribution in [0.25, 0.3) is 16.0 Å². The molecule has 3 aromatic carbocycles. The molecule has 1 aliphatic rings. The lowest BCUT2D eigenvalue weighted by atomic mass is 9.95. The maximum absolute atomic E-state index is 13.4. The summed E-state index contributed by atoms with van der Waals surface area (Å²) in [6.07, 6.45) is 0. The summed E-state index contributed by atoms with van der Waals surface area (Å²) in [6, 6.07) is 16.7. The van der Waals surface area contributed by atoms with E-state index in [0.717, 1.165) is 21.3 Å². The third-order valence-electron chi connectivity index (χ3n) is 6.02. The number of thiazole rings is 1. The summed E-state index contributed by atoms with van der Waals surface area (Å²) < 4.78 is 6.19. The summed E-state index contributed by atoms with van der Waals surface area (Å²) in [7, 11) is 1.56. The first-order chi connectivity index (χ1) is 16.8. The van der Waals surface area contributed by atoms with E-state index in [2.05, 4.69) is 0 Å². The van der Waals surface area contributed by atoms with Gasteiger partial charge in [-0.1, -0.05) is 41.1 Å². The Kier molecular flexibility index (Phi) is 5.83. The lowest BCUT2D eigenvalue weighted by molar-refractivity contribution is -0.132. The molecule has 1 N–H and O–H groups in total. The second-order valence-electron chi connectivity index (χ2n) is 8.37. The predicted octanol–water partition coefficient (Wildman–Crippen LogP) is 6.20. The van der Waals surface area contributed by atoms with Crippen molar-refractivity contribution in [2.45, 2.75) is 19.9 Å². The van der Waals surface area contributed by atoms with Gasteiger partial charge in [-0.25, -0.2) is 4.98 Å². The van der Waals surface area contributed by atoms with Gasteiger partial charge in [-0.15, -0.1) is 0 Å². The summed E-state index contributed by atoms with van der Waals surface area (Å²) in [5.74, 6) is -1.15. The molecule has 176 valence electrons. The lowest BCUT2D eigenvalue weighted by Gasteiger charge is -2.23. The lowest BCUT2D eigenvalue weighted by Crippen LogP contribution is -2.29. The minimum atomic E-state index is -0.862. The Morgan fingerprint density at radius 2 is 1.74 bits per heavy atom. The van der Waals surface area contributed by atoms with E-state index < -0.39 is 17.7 Å². The fourth-order valence-corrected chi connectivity index (χ4v) is 5.65. The molecule has 4 aromatic rings. The molecule has 35 heavy (non-hydrogen) atoms. The number of Topliss-reactive ketones (excluding diaryl/α,β-unsaturated/α-hetero) is 1. The number of ketones is 1. The first kappa shape index (κ1) is 23.1. The molecule has 0 bridgehead atoms. The predicted molar refractivity (Wildman–Crippen MR) is 138 cm³/mol. The van der Waals surface area contributed by atoms with Gasteiger partial charge in [0.2, 0.25) is 0 Å². The number of aromatic nitrogens is 1. The summed E-state index contributed by atoms with van der Waals surface area (Å²) in [5.41, 5.74) is 3.88. The van der Waals surface area contributed by atoms with Gasteiger partial charge in [-0.2, -0.15) is 0 Å². The third-order valence-corrected chi connectivity index (χ3v) is 7.27. The van der Waals surface area contributed by atoms with E-state index in [1.165, 1.54) is 16.2 Å². The highest BCUT2D eigenvalue weighted by atomic mass is 35.5. The molecule has 1 fully saturated rings. The monoisotopic (exact) mass is 504 g/mol. The number of aliphatic hydroxyl groups is 1. The molecule has 1 aromatic heterocycles. The zero-order valence-corrected chi connectivity index (χ0v) is 20.8. The van der Waals surface area contributed by atoms with E-state index in [-0.39, 0.29) is 11.3 Å². The second-order valence-corrected chi connectivity index (χ2v) is 9.82. The van der Waals surface area contributed by atoms with Crippen LogP contribution in [0.4, 0.5) is 5.13 Å². The standard InChI is InChI=1S/C27H21ClN2O4S/c1-14-12-15(2)22-20(13-14)35-27(29-22)30-23(16-6-10-19(34-3)11-7-16)21(25(32)26(30)33)24(31)17-4-8-18(28)9-5-17/h4-13,23,31H,1-3H3/b24-21+. The number of carbonyl (C=O) groups is 2. The highest BCUT2D eigenvalue weighted by Crippen LogP contribution is 2.45. The molecule has 1 aliphatic heterocycles. The van der Waals surface area contributed by atoms with Crippen molar-refractivity contribution in [2.24, 2.45) is 0 Å². The van der Waals surface area contributed by atoms with Crippen LogP contribution in [0.5, 0.6) is 5.75 Å². The van der Waals surface area contributed by atoms with Crippen molar-refractivity contribution in [2.75, 3.05) is 12.0 Å². The van der Waals surface area contributed by atoms with Crippen molar-refractivity contribution < 1.29 is 19.4 Å². The first-order valence-electron chi connectivity index (χ1n) is 10.9. The van der Waals surface area contributed by atoms with Crippen molar-refractivity contribution in [1.82, 2.24) is 4.98 Å². The third kappa shape index (κ3) is 3.96. The first-order valence-corrected chi connectivity index (χ1v) is 12.1. The average molecular weight is 505 g/mol. The van der Waals surface area contributed by atoms with Crippen LogP contribution in [0.1, 0.15) is 28.3 Å². The molecule has 2 heterocycles. The Labute approximate surface area is 211 Å². The summed E-state index contributed by atoms with van der Waals surface area (Å²) in [4.78, 5) is 32.8. The Morgan fingerprint density at radius 3 is 2.40 bits per heavy atom. The number of anilines is 1. The number of halogens is 1. The highest BCUT2D eigenvalue weighted by molar-refractivity contribution is 7.22. The fourth-order valence-electron chi connectivity index (χ4n) is 4.36. The number of nitrogens with zero attached hydrogens (tertiary/aromatic N) is 2. The van der Waals surface area contributed by atoms with E-state index in [9.17, 15) is 14.7 Å². The number of rotatable bonds is 4. The number of aliphatic hydroxyl groups excluding tert-OH is 1. The number of hydrogen-bond donors (Lipinski definition) is 1. The van der Waals surface area contributed by atoms with E-state index in [4.69, 9.17) is 21.3 Å². The Hall–Kier alpha value is -3.68. The van der Waals surface area contributed by atoms with E-state index in [1.807, 2.05) is 26.0 Å². The second kappa shape index (κ2) is 8.83. The molecule has 0 radical (unpaired) electrons. The van der Waals surface area contributed by atoms with Gasteiger partial charge in [0.15, 0.2) is 5.13 Å². The minimum absolute atomic E-state index is 0.00496. The van der Waals surface area contributed by atoms with Crippen LogP contribution in [-0.2, 0) is 9.59 Å². The van der Waals surface area contributed by atoms with Crippen molar-refractivity contribution in [3.8, 4) is 5.75 Å². The maximum Gasteiger partial charge on any atom is 0.301 e. The average Bonchev–Trinajstić information content (AvgIpc) is 3.38. The highest BCUT2D eigenvalue weighted by Gasteiger charge is 2.48. The van der Waals surface area contributed by atoms with Gasteiger partial charge in [-0.3, -0.25) is 14.5 Å². The maximum atomic E-state index is 13.4. The molecule has 0 saturated carbocycles. The van der Waals surface area contributed by atoms with Gasteiger partial charge in [0.25, 0.3) is 5.78 Å². The Balaban J connectivity index is 1.73. The quantitative estimate of drug-likeness (QED) is 0.203. The molecule has 1 unspecified atom stereocenters. The van der Waals surface area contributed by atoms with Gasteiger partial charge >= 0.3 is 5.91 Å². The molecule has 1 atom stereocenters. The minimum Gasteiger partial charge on any atom is -0.507 e. The zero-order chi connectivity index (χ0) is 24.9. The molecule has 0 spiro atoms. The zero-order valence-electron chi connectivity index (χ0n) is 19.2. The molecule has 0 aliphatic carbocycles. The SMILES string of the molecule is COc1ccc(C2/C(=C(\O)c3ccc(Cl)cc3)C(=O)C(=O)N2c2nc3c(C)cc(C)cc3s2)cc1. The van der Waals surface area contributed by atoms with E-state index >= 15 is 0 Å². The van der Waals surface area contributed by atoms with Crippen LogP contribution >= 0.6 is 22.9 Å². The van der Waals surface area contributed by atoms with Crippen molar-refractivity contribution in [3.63, 3.8) is 0 Å². The van der Waals surface area contributed by atoms with Gasteiger partial charge in [0.1, 0.15) is 11.5 Å².